The quantitative estimate of drug-likeness (QED) is 0.594. The SMILES string of the molecule is CCOC(=O)C(N)(COC1CCCCCC1)C1CC1. The highest BCUT2D eigenvalue weighted by Crippen LogP contribution is 2.39. The van der Waals surface area contributed by atoms with Gasteiger partial charge < -0.3 is 15.2 Å². The van der Waals surface area contributed by atoms with E-state index in [4.69, 9.17) is 15.2 Å². The minimum Gasteiger partial charge on any atom is -0.465 e. The summed E-state index contributed by atoms with van der Waals surface area (Å²) in [6.07, 6.45) is 9.57. The normalized spacial score (nSPS) is 24.5. The second kappa shape index (κ2) is 6.71. The topological polar surface area (TPSA) is 61.5 Å². The van der Waals surface area contributed by atoms with Crippen LogP contribution in [0.1, 0.15) is 58.3 Å². The molecular weight excluding hydrogens is 242 g/mol. The molecule has 0 aromatic rings. The molecule has 0 saturated heterocycles. The van der Waals surface area contributed by atoms with Crippen LogP contribution < -0.4 is 5.73 Å². The van der Waals surface area contributed by atoms with E-state index in [1.54, 1.807) is 0 Å². The zero-order valence-corrected chi connectivity index (χ0v) is 12.0. The predicted octanol–water partition coefficient (Wildman–Crippen LogP) is 2.40. The number of carbonyl (C=O) groups is 1. The van der Waals surface area contributed by atoms with E-state index < -0.39 is 5.54 Å². The van der Waals surface area contributed by atoms with Crippen molar-refractivity contribution < 1.29 is 14.3 Å². The number of carbonyl (C=O) groups excluding carboxylic acids is 1. The summed E-state index contributed by atoms with van der Waals surface area (Å²) in [6, 6.07) is 0. The van der Waals surface area contributed by atoms with Gasteiger partial charge >= 0.3 is 5.97 Å². The summed E-state index contributed by atoms with van der Waals surface area (Å²) >= 11 is 0. The maximum atomic E-state index is 12.1. The summed E-state index contributed by atoms with van der Waals surface area (Å²) in [5.41, 5.74) is 5.38. The van der Waals surface area contributed by atoms with Gasteiger partial charge in [-0.05, 0) is 38.5 Å². The molecule has 0 radical (unpaired) electrons. The lowest BCUT2D eigenvalue weighted by Crippen LogP contribution is -2.55. The molecule has 1 unspecified atom stereocenters. The Hall–Kier alpha value is -0.610. The molecule has 2 aliphatic carbocycles. The van der Waals surface area contributed by atoms with E-state index in [2.05, 4.69) is 0 Å². The molecule has 4 heteroatoms. The Balaban J connectivity index is 1.87. The molecule has 110 valence electrons. The van der Waals surface area contributed by atoms with E-state index in [0.29, 0.717) is 13.2 Å². The molecule has 0 aromatic heterocycles. The third-order valence-corrected chi connectivity index (χ3v) is 4.32. The van der Waals surface area contributed by atoms with Crippen molar-refractivity contribution in [1.82, 2.24) is 0 Å². The van der Waals surface area contributed by atoms with Crippen LogP contribution in [0.3, 0.4) is 0 Å². The van der Waals surface area contributed by atoms with Crippen molar-refractivity contribution >= 4 is 5.97 Å². The molecule has 0 spiro atoms. The van der Waals surface area contributed by atoms with E-state index >= 15 is 0 Å². The highest BCUT2D eigenvalue weighted by atomic mass is 16.5. The van der Waals surface area contributed by atoms with Crippen molar-refractivity contribution in [3.8, 4) is 0 Å². The molecule has 2 rings (SSSR count). The number of nitrogens with two attached hydrogens (primary N) is 1. The molecule has 2 N–H and O–H groups in total. The largest absolute Gasteiger partial charge is 0.465 e. The van der Waals surface area contributed by atoms with Crippen molar-refractivity contribution in [2.75, 3.05) is 13.2 Å². The fraction of sp³-hybridized carbons (Fsp3) is 0.933. The lowest BCUT2D eigenvalue weighted by atomic mass is 9.95. The standard InChI is InChI=1S/C15H27NO3/c1-2-18-14(17)15(16,12-9-10-12)11-19-13-7-5-3-4-6-8-13/h12-13H,2-11,16H2,1H3. The van der Waals surface area contributed by atoms with Gasteiger partial charge in [-0.2, -0.15) is 0 Å². The first-order valence-electron chi connectivity index (χ1n) is 7.74. The number of esters is 1. The van der Waals surface area contributed by atoms with E-state index in [1.165, 1.54) is 25.7 Å². The molecule has 0 aromatic carbocycles. The summed E-state index contributed by atoms with van der Waals surface area (Å²) in [4.78, 5) is 12.1. The van der Waals surface area contributed by atoms with Crippen LogP contribution >= 0.6 is 0 Å². The van der Waals surface area contributed by atoms with Gasteiger partial charge in [-0.15, -0.1) is 0 Å². The predicted molar refractivity (Wildman–Crippen MR) is 73.7 cm³/mol. The second-order valence-corrected chi connectivity index (χ2v) is 5.96. The minimum atomic E-state index is -0.914. The van der Waals surface area contributed by atoms with Gasteiger partial charge in [0, 0.05) is 0 Å². The maximum absolute atomic E-state index is 12.1. The van der Waals surface area contributed by atoms with Crippen LogP contribution in [0, 0.1) is 5.92 Å². The monoisotopic (exact) mass is 269 g/mol. The van der Waals surface area contributed by atoms with Crippen LogP contribution in [0.2, 0.25) is 0 Å². The lowest BCUT2D eigenvalue weighted by molar-refractivity contribution is -0.154. The Morgan fingerprint density at radius 2 is 1.79 bits per heavy atom. The first-order valence-corrected chi connectivity index (χ1v) is 7.74. The zero-order chi connectivity index (χ0) is 13.7. The molecule has 0 aliphatic heterocycles. The van der Waals surface area contributed by atoms with Gasteiger partial charge in [0.05, 0.1) is 19.3 Å². The number of hydrogen-bond acceptors (Lipinski definition) is 4. The van der Waals surface area contributed by atoms with Gasteiger partial charge in [0.15, 0.2) is 0 Å². The van der Waals surface area contributed by atoms with Crippen LogP contribution in [0.15, 0.2) is 0 Å². The summed E-state index contributed by atoms with van der Waals surface area (Å²) in [6.45, 7) is 2.52. The van der Waals surface area contributed by atoms with Gasteiger partial charge in [0.2, 0.25) is 0 Å². The van der Waals surface area contributed by atoms with Crippen molar-refractivity contribution in [2.45, 2.75) is 69.9 Å². The molecule has 1 atom stereocenters. The van der Waals surface area contributed by atoms with E-state index in [0.717, 1.165) is 25.7 Å². The smallest absolute Gasteiger partial charge is 0.328 e. The first-order chi connectivity index (χ1) is 9.16. The Labute approximate surface area is 116 Å². The Bertz CT molecular complexity index is 296. The molecule has 4 nitrogen and oxygen atoms in total. The summed E-state index contributed by atoms with van der Waals surface area (Å²) in [7, 11) is 0. The summed E-state index contributed by atoms with van der Waals surface area (Å²) < 4.78 is 11.1. The molecule has 19 heavy (non-hydrogen) atoms. The van der Waals surface area contributed by atoms with Crippen molar-refractivity contribution in [2.24, 2.45) is 11.7 Å². The highest BCUT2D eigenvalue weighted by molar-refractivity contribution is 5.81. The van der Waals surface area contributed by atoms with Crippen LogP contribution in [0.25, 0.3) is 0 Å². The van der Waals surface area contributed by atoms with Gasteiger partial charge in [-0.3, -0.25) is 0 Å². The highest BCUT2D eigenvalue weighted by Gasteiger charge is 2.49. The zero-order valence-electron chi connectivity index (χ0n) is 12.0. The number of rotatable bonds is 6. The van der Waals surface area contributed by atoms with Crippen molar-refractivity contribution in [3.05, 3.63) is 0 Å². The number of ether oxygens (including phenoxy) is 2. The number of hydrogen-bond donors (Lipinski definition) is 1. The van der Waals surface area contributed by atoms with Crippen LogP contribution in [0.4, 0.5) is 0 Å². The maximum Gasteiger partial charge on any atom is 0.328 e. The Kier molecular flexibility index (Phi) is 5.22. The van der Waals surface area contributed by atoms with Crippen LogP contribution in [-0.4, -0.2) is 30.8 Å². The summed E-state index contributed by atoms with van der Waals surface area (Å²) in [5, 5.41) is 0. The Morgan fingerprint density at radius 3 is 2.32 bits per heavy atom. The molecular formula is C15H27NO3. The fourth-order valence-electron chi connectivity index (χ4n) is 2.87. The lowest BCUT2D eigenvalue weighted by Gasteiger charge is -2.29. The van der Waals surface area contributed by atoms with Gasteiger partial charge in [0.25, 0.3) is 0 Å². The molecule has 0 bridgehead atoms. The minimum absolute atomic E-state index is 0.248. The average Bonchev–Trinajstić information content (AvgIpc) is 3.23. The summed E-state index contributed by atoms with van der Waals surface area (Å²) in [5.74, 6) is -0.0385. The molecule has 0 heterocycles. The fourth-order valence-corrected chi connectivity index (χ4v) is 2.87. The molecule has 0 amide bonds. The van der Waals surface area contributed by atoms with E-state index in [1.807, 2.05) is 6.92 Å². The third-order valence-electron chi connectivity index (χ3n) is 4.32. The average molecular weight is 269 g/mol. The van der Waals surface area contributed by atoms with E-state index in [-0.39, 0.29) is 18.0 Å². The van der Waals surface area contributed by atoms with Crippen LogP contribution in [-0.2, 0) is 14.3 Å². The molecule has 2 fully saturated rings. The van der Waals surface area contributed by atoms with Gasteiger partial charge in [0.1, 0.15) is 5.54 Å². The van der Waals surface area contributed by atoms with E-state index in [9.17, 15) is 4.79 Å². The van der Waals surface area contributed by atoms with Crippen molar-refractivity contribution in [3.63, 3.8) is 0 Å². The second-order valence-electron chi connectivity index (χ2n) is 5.96. The Morgan fingerprint density at radius 1 is 1.16 bits per heavy atom. The molecule has 2 aliphatic rings. The third kappa shape index (κ3) is 3.93. The van der Waals surface area contributed by atoms with Crippen molar-refractivity contribution in [1.29, 1.82) is 0 Å². The van der Waals surface area contributed by atoms with Crippen LogP contribution in [0.5, 0.6) is 0 Å². The first kappa shape index (κ1) is 14.8. The van der Waals surface area contributed by atoms with Gasteiger partial charge in [-0.25, -0.2) is 4.79 Å². The molecule has 2 saturated carbocycles. The van der Waals surface area contributed by atoms with Gasteiger partial charge in [-0.1, -0.05) is 25.7 Å².